The maximum Gasteiger partial charge on any atom is 0.115 e. The Bertz CT molecular complexity index is 312. The average Bonchev–Trinajstić information content (AvgIpc) is 2.57. The molecule has 0 radical (unpaired) electrons. The first kappa shape index (κ1) is 21.8. The van der Waals surface area contributed by atoms with Crippen LogP contribution in [-0.2, 0) is 0 Å². The number of rotatable bonds is 13. The van der Waals surface area contributed by atoms with E-state index in [4.69, 9.17) is 16.6 Å². The second kappa shape index (κ2) is 18.8. The summed E-state index contributed by atoms with van der Waals surface area (Å²) in [6, 6.07) is 8.71. The highest BCUT2D eigenvalue weighted by atomic mass is 16.3. The molecule has 1 aromatic carbocycles. The minimum atomic E-state index is 0.322. The number of aromatic hydroxyl groups is 1. The van der Waals surface area contributed by atoms with E-state index in [1.165, 1.54) is 0 Å². The molecule has 0 unspecified atom stereocenters. The van der Waals surface area contributed by atoms with Crippen molar-refractivity contribution in [3.8, 4) is 5.75 Å². The Kier molecular flexibility index (Phi) is 17.8. The second-order valence-electron chi connectivity index (χ2n) is 4.91. The van der Waals surface area contributed by atoms with Crippen LogP contribution in [0.1, 0.15) is 0 Å². The number of hydrogen-bond donors (Lipinski definition) is 7. The van der Waals surface area contributed by atoms with Gasteiger partial charge in [0.2, 0.25) is 0 Å². The van der Waals surface area contributed by atoms with E-state index in [9.17, 15) is 0 Å². The fourth-order valence-corrected chi connectivity index (χ4v) is 1.66. The third kappa shape index (κ3) is 18.7. The van der Waals surface area contributed by atoms with Gasteiger partial charge in [0.15, 0.2) is 0 Å². The molecule has 0 spiro atoms. The lowest BCUT2D eigenvalue weighted by Gasteiger charge is -2.07. The van der Waals surface area contributed by atoms with Gasteiger partial charge < -0.3 is 37.8 Å². The molecule has 0 aliphatic rings. The summed E-state index contributed by atoms with van der Waals surface area (Å²) in [6.45, 7) is 9.15. The lowest BCUT2D eigenvalue weighted by atomic mass is 10.3. The van der Waals surface area contributed by atoms with Crippen molar-refractivity contribution in [3.63, 3.8) is 0 Å². The predicted octanol–water partition coefficient (Wildman–Crippen LogP) is -1.35. The van der Waals surface area contributed by atoms with Crippen molar-refractivity contribution in [1.82, 2.24) is 21.3 Å². The zero-order valence-corrected chi connectivity index (χ0v) is 14.1. The summed E-state index contributed by atoms with van der Waals surface area (Å²) in [4.78, 5) is 0. The first-order chi connectivity index (χ1) is 11.3. The molecule has 1 rings (SSSR count). The molecule has 0 aliphatic carbocycles. The highest BCUT2D eigenvalue weighted by Gasteiger charge is 1.89. The quantitative estimate of drug-likeness (QED) is 0.224. The lowest BCUT2D eigenvalue weighted by molar-refractivity contribution is 0.475. The van der Waals surface area contributed by atoms with Crippen LogP contribution in [-0.4, -0.2) is 70.6 Å². The third-order valence-corrected chi connectivity index (χ3v) is 2.83. The molecule has 0 saturated heterocycles. The van der Waals surface area contributed by atoms with E-state index < -0.39 is 0 Å². The molecular formula is C16H34N6O. The summed E-state index contributed by atoms with van der Waals surface area (Å²) in [5.74, 6) is 0.322. The molecule has 1 aromatic rings. The van der Waals surface area contributed by atoms with E-state index in [1.54, 1.807) is 24.3 Å². The van der Waals surface area contributed by atoms with Gasteiger partial charge in [0.25, 0.3) is 0 Å². The van der Waals surface area contributed by atoms with Crippen molar-refractivity contribution in [2.45, 2.75) is 0 Å². The molecule has 0 atom stereocenters. The Hall–Kier alpha value is -1.22. The summed E-state index contributed by atoms with van der Waals surface area (Å²) in [5, 5.41) is 21.8. The Morgan fingerprint density at radius 1 is 0.609 bits per heavy atom. The van der Waals surface area contributed by atoms with E-state index in [2.05, 4.69) is 21.3 Å². The van der Waals surface area contributed by atoms with Gasteiger partial charge in [0.1, 0.15) is 5.75 Å². The minimum absolute atomic E-state index is 0.322. The number of nitrogens with two attached hydrogens (primary N) is 2. The third-order valence-electron chi connectivity index (χ3n) is 2.83. The van der Waals surface area contributed by atoms with Crippen LogP contribution in [0.25, 0.3) is 0 Å². The van der Waals surface area contributed by atoms with Crippen molar-refractivity contribution < 1.29 is 5.11 Å². The van der Waals surface area contributed by atoms with E-state index in [0.29, 0.717) is 18.8 Å². The minimum Gasteiger partial charge on any atom is -0.508 e. The Labute approximate surface area is 140 Å². The van der Waals surface area contributed by atoms with Gasteiger partial charge in [-0.1, -0.05) is 18.2 Å². The molecule has 0 aliphatic heterocycles. The number of phenolic OH excluding ortho intramolecular Hbond substituents is 1. The summed E-state index contributed by atoms with van der Waals surface area (Å²) in [7, 11) is 0. The van der Waals surface area contributed by atoms with Gasteiger partial charge in [0.05, 0.1) is 0 Å². The number of phenols is 1. The highest BCUT2D eigenvalue weighted by Crippen LogP contribution is 2.02. The summed E-state index contributed by atoms with van der Waals surface area (Å²) in [6.07, 6.45) is 0. The van der Waals surface area contributed by atoms with Crippen molar-refractivity contribution >= 4 is 0 Å². The Balaban J connectivity index is 0.000000568. The fraction of sp³-hybridized carbons (Fsp3) is 0.625. The maximum atomic E-state index is 8.63. The molecule has 7 heteroatoms. The molecule has 0 saturated carbocycles. The van der Waals surface area contributed by atoms with E-state index in [-0.39, 0.29) is 0 Å². The van der Waals surface area contributed by atoms with E-state index in [0.717, 1.165) is 52.4 Å². The zero-order chi connectivity index (χ0) is 17.0. The Morgan fingerprint density at radius 2 is 0.957 bits per heavy atom. The predicted molar refractivity (Wildman–Crippen MR) is 97.7 cm³/mol. The number of para-hydroxylation sites is 1. The highest BCUT2D eigenvalue weighted by molar-refractivity contribution is 5.18. The molecule has 0 heterocycles. The normalized spacial score (nSPS) is 10.2. The topological polar surface area (TPSA) is 120 Å². The first-order valence-electron chi connectivity index (χ1n) is 8.28. The van der Waals surface area contributed by atoms with Crippen LogP contribution in [0.2, 0.25) is 0 Å². The molecule has 23 heavy (non-hydrogen) atoms. The van der Waals surface area contributed by atoms with E-state index >= 15 is 0 Å². The molecule has 0 amide bonds. The van der Waals surface area contributed by atoms with Crippen LogP contribution in [0.4, 0.5) is 0 Å². The maximum absolute atomic E-state index is 8.63. The van der Waals surface area contributed by atoms with Crippen molar-refractivity contribution in [3.05, 3.63) is 30.3 Å². The van der Waals surface area contributed by atoms with Gasteiger partial charge in [-0.05, 0) is 12.1 Å². The number of hydrogen-bond acceptors (Lipinski definition) is 7. The van der Waals surface area contributed by atoms with Crippen LogP contribution in [0.15, 0.2) is 30.3 Å². The summed E-state index contributed by atoms with van der Waals surface area (Å²) >= 11 is 0. The van der Waals surface area contributed by atoms with Crippen LogP contribution >= 0.6 is 0 Å². The molecule has 9 N–H and O–H groups in total. The van der Waals surface area contributed by atoms with Crippen LogP contribution < -0.4 is 32.7 Å². The van der Waals surface area contributed by atoms with Gasteiger partial charge in [0, 0.05) is 65.4 Å². The standard InChI is InChI=1S/C10H28N6.C6H6O/c11-1-3-13-5-7-15-9-10-16-8-6-14-4-2-12;7-6-4-2-1-3-5-6/h13-16H,1-12H2;1-5,7H. The molecule has 0 fully saturated rings. The van der Waals surface area contributed by atoms with Crippen LogP contribution in [0.3, 0.4) is 0 Å². The summed E-state index contributed by atoms with van der Waals surface area (Å²) in [5.41, 5.74) is 10.7. The SMILES string of the molecule is NCCNCCNCCNCCNCCN.Oc1ccccc1. The fourth-order valence-electron chi connectivity index (χ4n) is 1.66. The van der Waals surface area contributed by atoms with Crippen LogP contribution in [0.5, 0.6) is 5.75 Å². The van der Waals surface area contributed by atoms with Gasteiger partial charge >= 0.3 is 0 Å². The van der Waals surface area contributed by atoms with Crippen molar-refractivity contribution in [1.29, 1.82) is 0 Å². The van der Waals surface area contributed by atoms with Crippen LogP contribution in [0, 0.1) is 0 Å². The second-order valence-corrected chi connectivity index (χ2v) is 4.91. The molecular weight excluding hydrogens is 292 g/mol. The van der Waals surface area contributed by atoms with Crippen molar-refractivity contribution in [2.75, 3.05) is 65.4 Å². The largest absolute Gasteiger partial charge is 0.508 e. The first-order valence-corrected chi connectivity index (χ1v) is 8.28. The molecule has 0 aromatic heterocycles. The molecule has 7 nitrogen and oxygen atoms in total. The van der Waals surface area contributed by atoms with Gasteiger partial charge in [-0.15, -0.1) is 0 Å². The molecule has 134 valence electrons. The van der Waals surface area contributed by atoms with E-state index in [1.807, 2.05) is 6.07 Å². The average molecular weight is 326 g/mol. The molecule has 0 bridgehead atoms. The van der Waals surface area contributed by atoms with Gasteiger partial charge in [-0.2, -0.15) is 0 Å². The number of nitrogens with one attached hydrogen (secondary N) is 4. The van der Waals surface area contributed by atoms with Gasteiger partial charge in [-0.3, -0.25) is 0 Å². The van der Waals surface area contributed by atoms with Gasteiger partial charge in [-0.25, -0.2) is 0 Å². The lowest BCUT2D eigenvalue weighted by Crippen LogP contribution is -2.36. The smallest absolute Gasteiger partial charge is 0.115 e. The monoisotopic (exact) mass is 326 g/mol. The Morgan fingerprint density at radius 3 is 1.22 bits per heavy atom. The van der Waals surface area contributed by atoms with Crippen molar-refractivity contribution in [2.24, 2.45) is 11.5 Å². The summed E-state index contributed by atoms with van der Waals surface area (Å²) < 4.78 is 0. The number of benzene rings is 1. The zero-order valence-electron chi connectivity index (χ0n) is 14.1.